The van der Waals surface area contributed by atoms with Gasteiger partial charge in [-0.2, -0.15) is 0 Å². The Morgan fingerprint density at radius 2 is 1.71 bits per heavy atom. The largest absolute Gasteiger partial charge is 0.398 e. The highest BCUT2D eigenvalue weighted by Gasteiger charge is 2.26. The van der Waals surface area contributed by atoms with Gasteiger partial charge in [0, 0.05) is 37.8 Å². The van der Waals surface area contributed by atoms with E-state index >= 15 is 0 Å². The van der Waals surface area contributed by atoms with Crippen LogP contribution in [0.25, 0.3) is 0 Å². The van der Waals surface area contributed by atoms with Gasteiger partial charge in [-0.3, -0.25) is 9.59 Å². The second kappa shape index (κ2) is 6.47. The summed E-state index contributed by atoms with van der Waals surface area (Å²) in [5, 5.41) is 0. The van der Waals surface area contributed by atoms with Gasteiger partial charge >= 0.3 is 0 Å². The van der Waals surface area contributed by atoms with Gasteiger partial charge in [0.05, 0.1) is 10.0 Å². The van der Waals surface area contributed by atoms with Crippen LogP contribution in [-0.2, 0) is 4.79 Å². The maximum absolute atomic E-state index is 12.5. The number of carbonyl (C=O) groups excluding carboxylic acids is 2. The van der Waals surface area contributed by atoms with E-state index < -0.39 is 0 Å². The molecule has 21 heavy (non-hydrogen) atoms. The lowest BCUT2D eigenvalue weighted by Gasteiger charge is -2.35. The van der Waals surface area contributed by atoms with Gasteiger partial charge in [0.25, 0.3) is 5.91 Å². The average Bonchev–Trinajstić information content (AvgIpc) is 2.48. The van der Waals surface area contributed by atoms with Gasteiger partial charge in [0.2, 0.25) is 5.91 Å². The zero-order chi connectivity index (χ0) is 15.6. The van der Waals surface area contributed by atoms with E-state index in [9.17, 15) is 9.59 Å². The zero-order valence-corrected chi connectivity index (χ0v) is 13.9. The number of benzene rings is 1. The van der Waals surface area contributed by atoms with Crippen LogP contribution in [0.5, 0.6) is 0 Å². The van der Waals surface area contributed by atoms with Gasteiger partial charge < -0.3 is 15.5 Å². The summed E-state index contributed by atoms with van der Waals surface area (Å²) in [4.78, 5) is 28.1. The molecule has 2 rings (SSSR count). The standard InChI is InChI=1S/C15H20BrN3O2/c1-10(2)14(20)18-6-8-19(9-7-18)15(21)11-4-3-5-12(17)13(11)16/h3-5,10H,6-9,17H2,1-2H3. The van der Waals surface area contributed by atoms with Crippen LogP contribution in [0.2, 0.25) is 0 Å². The second-order valence-electron chi connectivity index (χ2n) is 5.48. The molecule has 2 N–H and O–H groups in total. The molecule has 5 nitrogen and oxygen atoms in total. The summed E-state index contributed by atoms with van der Waals surface area (Å²) in [7, 11) is 0. The quantitative estimate of drug-likeness (QED) is 0.826. The molecule has 1 heterocycles. The Kier molecular flexibility index (Phi) is 4.88. The molecule has 0 saturated carbocycles. The lowest BCUT2D eigenvalue weighted by Crippen LogP contribution is -2.51. The van der Waals surface area contributed by atoms with Crippen LogP contribution >= 0.6 is 15.9 Å². The van der Waals surface area contributed by atoms with E-state index in [1.807, 2.05) is 18.7 Å². The highest BCUT2D eigenvalue weighted by atomic mass is 79.9. The van der Waals surface area contributed by atoms with Gasteiger partial charge in [-0.15, -0.1) is 0 Å². The number of hydrogen-bond acceptors (Lipinski definition) is 3. The van der Waals surface area contributed by atoms with E-state index in [0.717, 1.165) is 0 Å². The number of nitrogens with two attached hydrogens (primary N) is 1. The van der Waals surface area contributed by atoms with Crippen molar-refractivity contribution in [1.82, 2.24) is 9.80 Å². The summed E-state index contributed by atoms with van der Waals surface area (Å²) in [6, 6.07) is 5.28. The van der Waals surface area contributed by atoms with Crippen molar-refractivity contribution in [3.05, 3.63) is 28.2 Å². The Morgan fingerprint density at radius 3 is 2.29 bits per heavy atom. The summed E-state index contributed by atoms with van der Waals surface area (Å²) < 4.78 is 0.635. The summed E-state index contributed by atoms with van der Waals surface area (Å²) in [5.41, 5.74) is 6.93. The number of halogens is 1. The van der Waals surface area contributed by atoms with Crippen LogP contribution in [0.15, 0.2) is 22.7 Å². The Morgan fingerprint density at radius 1 is 1.14 bits per heavy atom. The zero-order valence-electron chi connectivity index (χ0n) is 12.3. The first-order valence-electron chi connectivity index (χ1n) is 7.04. The third kappa shape index (κ3) is 3.37. The number of nitrogen functional groups attached to an aromatic ring is 1. The van der Waals surface area contributed by atoms with Crippen molar-refractivity contribution in [3.8, 4) is 0 Å². The maximum Gasteiger partial charge on any atom is 0.255 e. The van der Waals surface area contributed by atoms with Crippen molar-refractivity contribution in [2.45, 2.75) is 13.8 Å². The van der Waals surface area contributed by atoms with Gasteiger partial charge in [-0.05, 0) is 28.1 Å². The molecular formula is C15H20BrN3O2. The third-order valence-corrected chi connectivity index (χ3v) is 4.52. The highest BCUT2D eigenvalue weighted by Crippen LogP contribution is 2.25. The number of piperazine rings is 1. The molecular weight excluding hydrogens is 334 g/mol. The van der Waals surface area contributed by atoms with Gasteiger partial charge in [0.15, 0.2) is 0 Å². The summed E-state index contributed by atoms with van der Waals surface area (Å²) in [6.07, 6.45) is 0. The molecule has 1 saturated heterocycles. The molecule has 1 aliphatic heterocycles. The molecule has 0 spiro atoms. The molecule has 1 aliphatic rings. The molecule has 1 aromatic rings. The predicted octanol–water partition coefficient (Wildman–Crippen LogP) is 1.97. The monoisotopic (exact) mass is 353 g/mol. The number of carbonyl (C=O) groups is 2. The van der Waals surface area contributed by atoms with E-state index in [0.29, 0.717) is 41.9 Å². The Labute approximate surface area is 133 Å². The van der Waals surface area contributed by atoms with Crippen LogP contribution in [0.4, 0.5) is 5.69 Å². The number of nitrogens with zero attached hydrogens (tertiary/aromatic N) is 2. The first-order valence-corrected chi connectivity index (χ1v) is 7.83. The highest BCUT2D eigenvalue weighted by molar-refractivity contribution is 9.10. The molecule has 2 amide bonds. The Bertz CT molecular complexity index is 552. The van der Waals surface area contributed by atoms with E-state index in [1.165, 1.54) is 0 Å². The van der Waals surface area contributed by atoms with Crippen molar-refractivity contribution in [1.29, 1.82) is 0 Å². The summed E-state index contributed by atoms with van der Waals surface area (Å²) >= 11 is 3.36. The minimum atomic E-state index is -0.0502. The van der Waals surface area contributed by atoms with Crippen LogP contribution in [0.3, 0.4) is 0 Å². The predicted molar refractivity (Wildman–Crippen MR) is 85.9 cm³/mol. The first kappa shape index (κ1) is 15.8. The average molecular weight is 354 g/mol. The lowest BCUT2D eigenvalue weighted by molar-refractivity contribution is -0.135. The van der Waals surface area contributed by atoms with Gasteiger partial charge in [0.1, 0.15) is 0 Å². The number of anilines is 1. The minimum absolute atomic E-state index is 0.00434. The molecule has 1 aromatic carbocycles. The van der Waals surface area contributed by atoms with Crippen molar-refractivity contribution in [2.24, 2.45) is 5.92 Å². The van der Waals surface area contributed by atoms with Crippen molar-refractivity contribution < 1.29 is 9.59 Å². The number of rotatable bonds is 2. The van der Waals surface area contributed by atoms with E-state index in [-0.39, 0.29) is 17.7 Å². The van der Waals surface area contributed by atoms with E-state index in [4.69, 9.17) is 5.73 Å². The molecule has 1 fully saturated rings. The molecule has 0 radical (unpaired) electrons. The van der Waals surface area contributed by atoms with Crippen LogP contribution in [0.1, 0.15) is 24.2 Å². The first-order chi connectivity index (χ1) is 9.91. The SMILES string of the molecule is CC(C)C(=O)N1CCN(C(=O)c2cccc(N)c2Br)CC1. The Balaban J connectivity index is 2.04. The van der Waals surface area contributed by atoms with Crippen LogP contribution in [-0.4, -0.2) is 47.8 Å². The van der Waals surface area contributed by atoms with Crippen molar-refractivity contribution in [2.75, 3.05) is 31.9 Å². The molecule has 114 valence electrons. The van der Waals surface area contributed by atoms with Crippen molar-refractivity contribution >= 4 is 33.4 Å². The van der Waals surface area contributed by atoms with Crippen LogP contribution < -0.4 is 5.73 Å². The van der Waals surface area contributed by atoms with Gasteiger partial charge in [-0.25, -0.2) is 0 Å². The molecule has 0 bridgehead atoms. The molecule has 0 atom stereocenters. The summed E-state index contributed by atoms with van der Waals surface area (Å²) in [5.74, 6) is 0.0911. The summed E-state index contributed by atoms with van der Waals surface area (Å²) in [6.45, 7) is 6.07. The molecule has 0 aromatic heterocycles. The fourth-order valence-corrected chi connectivity index (χ4v) is 2.81. The maximum atomic E-state index is 12.5. The molecule has 6 heteroatoms. The molecule has 0 unspecified atom stereocenters. The van der Waals surface area contributed by atoms with E-state index in [1.54, 1.807) is 23.1 Å². The van der Waals surface area contributed by atoms with Crippen LogP contribution in [0, 0.1) is 5.92 Å². The fraction of sp³-hybridized carbons (Fsp3) is 0.467. The normalized spacial score (nSPS) is 15.4. The number of amides is 2. The smallest absolute Gasteiger partial charge is 0.255 e. The fourth-order valence-electron chi connectivity index (χ4n) is 2.38. The van der Waals surface area contributed by atoms with E-state index in [2.05, 4.69) is 15.9 Å². The number of hydrogen-bond donors (Lipinski definition) is 1. The van der Waals surface area contributed by atoms with Gasteiger partial charge in [-0.1, -0.05) is 19.9 Å². The topological polar surface area (TPSA) is 66.6 Å². The minimum Gasteiger partial charge on any atom is -0.398 e. The lowest BCUT2D eigenvalue weighted by atomic mass is 10.1. The third-order valence-electron chi connectivity index (χ3n) is 3.63. The second-order valence-corrected chi connectivity index (χ2v) is 6.27. The van der Waals surface area contributed by atoms with Crippen molar-refractivity contribution in [3.63, 3.8) is 0 Å². The molecule has 0 aliphatic carbocycles. The Hall–Kier alpha value is -1.56.